The Morgan fingerprint density at radius 3 is 2.67 bits per heavy atom. The van der Waals surface area contributed by atoms with Gasteiger partial charge in [0.1, 0.15) is 17.1 Å². The Hall–Kier alpha value is -1.92. The van der Waals surface area contributed by atoms with Gasteiger partial charge in [-0.1, -0.05) is 40.2 Å². The van der Waals surface area contributed by atoms with E-state index >= 15 is 0 Å². The Morgan fingerprint density at radius 1 is 1.17 bits per heavy atom. The number of hydrogen-bond donors (Lipinski definition) is 2. The second-order valence-electron chi connectivity index (χ2n) is 5.95. The highest BCUT2D eigenvalue weighted by atomic mass is 79.9. The zero-order chi connectivity index (χ0) is 16.7. The van der Waals surface area contributed by atoms with Gasteiger partial charge in [-0.2, -0.15) is 0 Å². The molecule has 2 aromatic rings. The fourth-order valence-corrected chi connectivity index (χ4v) is 4.17. The molecule has 2 N–H and O–H groups in total. The van der Waals surface area contributed by atoms with E-state index in [-0.39, 0.29) is 5.75 Å². The predicted octanol–water partition coefficient (Wildman–Crippen LogP) is 3.39. The molecule has 2 aliphatic heterocycles. The fraction of sp³-hybridized carbons (Fsp3) is 0.222. The molecule has 122 valence electrons. The van der Waals surface area contributed by atoms with Crippen LogP contribution in [0.4, 0.5) is 0 Å². The Labute approximate surface area is 154 Å². The van der Waals surface area contributed by atoms with E-state index in [2.05, 4.69) is 38.3 Å². The third kappa shape index (κ3) is 2.32. The van der Waals surface area contributed by atoms with Gasteiger partial charge in [0, 0.05) is 17.6 Å². The van der Waals surface area contributed by atoms with Crippen molar-refractivity contribution in [3.05, 3.63) is 64.1 Å². The topological polar surface area (TPSA) is 47.9 Å². The van der Waals surface area contributed by atoms with Crippen LogP contribution in [0.15, 0.2) is 58.0 Å². The van der Waals surface area contributed by atoms with Crippen molar-refractivity contribution in [2.45, 2.75) is 12.0 Å². The molecule has 24 heavy (non-hydrogen) atoms. The number of nitrogens with one attached hydrogen (secondary N) is 1. The number of phenolic OH excluding ortho intramolecular Hbond substituents is 1. The molecule has 1 fully saturated rings. The number of halogens is 1. The second-order valence-corrected chi connectivity index (χ2v) is 7.25. The summed E-state index contributed by atoms with van der Waals surface area (Å²) >= 11 is 9.15. The zero-order valence-corrected chi connectivity index (χ0v) is 15.3. The normalized spacial score (nSPS) is 22.8. The summed E-state index contributed by atoms with van der Waals surface area (Å²) in [4.78, 5) is 6.88. The van der Waals surface area contributed by atoms with Gasteiger partial charge in [-0.15, -0.1) is 0 Å². The zero-order valence-electron chi connectivity index (χ0n) is 12.9. The Kier molecular flexibility index (Phi) is 3.81. The number of fused-ring (bicyclic) bond motifs is 1. The highest BCUT2D eigenvalue weighted by Crippen LogP contribution is 2.39. The summed E-state index contributed by atoms with van der Waals surface area (Å²) in [5.74, 6) is 1.13. The average Bonchev–Trinajstić information content (AvgIpc) is 2.89. The second kappa shape index (κ2) is 5.86. The van der Waals surface area contributed by atoms with Crippen LogP contribution in [-0.2, 0) is 5.54 Å². The van der Waals surface area contributed by atoms with Crippen LogP contribution in [-0.4, -0.2) is 34.0 Å². The molecule has 2 aromatic carbocycles. The first-order chi connectivity index (χ1) is 11.6. The first-order valence-corrected chi connectivity index (χ1v) is 9.01. The summed E-state index contributed by atoms with van der Waals surface area (Å²) in [6.45, 7) is 1.64. The van der Waals surface area contributed by atoms with E-state index in [1.165, 1.54) is 0 Å². The molecule has 2 aliphatic rings. The summed E-state index contributed by atoms with van der Waals surface area (Å²) < 4.78 is 0.988. The Bertz CT molecular complexity index is 806. The minimum Gasteiger partial charge on any atom is -0.508 e. The first kappa shape index (κ1) is 15.6. The lowest BCUT2D eigenvalue weighted by Crippen LogP contribution is -2.46. The van der Waals surface area contributed by atoms with Gasteiger partial charge in [0.2, 0.25) is 0 Å². The highest BCUT2D eigenvalue weighted by molar-refractivity contribution is 9.10. The van der Waals surface area contributed by atoms with Gasteiger partial charge >= 0.3 is 0 Å². The number of aliphatic imine (C=N–C) groups is 1. The predicted molar refractivity (Wildman–Crippen MR) is 102 cm³/mol. The van der Waals surface area contributed by atoms with Crippen molar-refractivity contribution in [1.82, 2.24) is 10.2 Å². The quantitative estimate of drug-likeness (QED) is 0.757. The molecule has 0 spiro atoms. The summed E-state index contributed by atoms with van der Waals surface area (Å²) in [6, 6.07) is 15.4. The molecule has 1 atom stereocenters. The van der Waals surface area contributed by atoms with E-state index in [4.69, 9.17) is 17.2 Å². The number of nitrogens with zero attached hydrogens (tertiary/aromatic N) is 2. The highest BCUT2D eigenvalue weighted by Gasteiger charge is 2.50. The molecule has 6 heteroatoms. The standard InChI is InChI=1S/C18H16BrN3OS/c19-14-6-1-4-12(10-14)18(13-5-2-7-15(23)11-13)16-20-8-3-9-22(16)17(24)21-18/h1-2,4-7,10-11,23H,3,8-9H2,(H,21,24). The van der Waals surface area contributed by atoms with Crippen molar-refractivity contribution in [1.29, 1.82) is 0 Å². The van der Waals surface area contributed by atoms with E-state index in [0.29, 0.717) is 5.11 Å². The minimum absolute atomic E-state index is 0.226. The van der Waals surface area contributed by atoms with Gasteiger partial charge < -0.3 is 15.3 Å². The number of amidine groups is 1. The SMILES string of the molecule is Oc1cccc(C2(c3cccc(Br)c3)NC(=S)N3CCCN=C32)c1. The van der Waals surface area contributed by atoms with Crippen LogP contribution in [0.2, 0.25) is 0 Å². The molecule has 4 nitrogen and oxygen atoms in total. The number of benzene rings is 2. The number of aromatic hydroxyl groups is 1. The van der Waals surface area contributed by atoms with Crippen LogP contribution in [0.5, 0.6) is 5.75 Å². The van der Waals surface area contributed by atoms with Gasteiger partial charge in [0.25, 0.3) is 0 Å². The molecule has 1 saturated heterocycles. The van der Waals surface area contributed by atoms with E-state index in [0.717, 1.165) is 40.9 Å². The molecular weight excluding hydrogens is 386 g/mol. The lowest BCUT2D eigenvalue weighted by atomic mass is 9.82. The van der Waals surface area contributed by atoms with Crippen LogP contribution in [0.3, 0.4) is 0 Å². The fourth-order valence-electron chi connectivity index (χ4n) is 3.44. The van der Waals surface area contributed by atoms with Gasteiger partial charge in [-0.05, 0) is 54.0 Å². The van der Waals surface area contributed by atoms with E-state index in [1.54, 1.807) is 12.1 Å². The monoisotopic (exact) mass is 401 g/mol. The maximum absolute atomic E-state index is 10.0. The van der Waals surface area contributed by atoms with Gasteiger partial charge in [-0.3, -0.25) is 4.99 Å². The largest absolute Gasteiger partial charge is 0.508 e. The number of hydrogen-bond acceptors (Lipinski definition) is 3. The molecule has 1 unspecified atom stereocenters. The van der Waals surface area contributed by atoms with Crippen molar-refractivity contribution in [3.8, 4) is 5.75 Å². The first-order valence-electron chi connectivity index (χ1n) is 7.81. The molecule has 0 bridgehead atoms. The molecule has 0 aromatic heterocycles. The van der Waals surface area contributed by atoms with E-state index in [1.807, 2.05) is 24.3 Å². The van der Waals surface area contributed by atoms with Gasteiger partial charge in [-0.25, -0.2) is 0 Å². The minimum atomic E-state index is -0.681. The van der Waals surface area contributed by atoms with Crippen molar-refractivity contribution in [2.75, 3.05) is 13.1 Å². The Morgan fingerprint density at radius 2 is 1.92 bits per heavy atom. The lowest BCUT2D eigenvalue weighted by Gasteiger charge is -2.33. The van der Waals surface area contributed by atoms with E-state index < -0.39 is 5.54 Å². The molecule has 0 aliphatic carbocycles. The third-order valence-corrected chi connectivity index (χ3v) is 5.28. The lowest BCUT2D eigenvalue weighted by molar-refractivity contribution is 0.472. The molecular formula is C18H16BrN3OS. The average molecular weight is 402 g/mol. The number of phenols is 1. The maximum atomic E-state index is 10.0. The maximum Gasteiger partial charge on any atom is 0.175 e. The Balaban J connectivity index is 2.00. The summed E-state index contributed by atoms with van der Waals surface area (Å²) in [5.41, 5.74) is 1.28. The van der Waals surface area contributed by atoms with Crippen molar-refractivity contribution in [3.63, 3.8) is 0 Å². The van der Waals surface area contributed by atoms with Crippen LogP contribution in [0.25, 0.3) is 0 Å². The molecule has 0 radical (unpaired) electrons. The summed E-state index contributed by atoms with van der Waals surface area (Å²) in [5, 5.41) is 14.2. The van der Waals surface area contributed by atoms with Crippen molar-refractivity contribution in [2.24, 2.45) is 4.99 Å². The molecule has 2 heterocycles. The van der Waals surface area contributed by atoms with Crippen LogP contribution in [0, 0.1) is 0 Å². The van der Waals surface area contributed by atoms with Crippen molar-refractivity contribution < 1.29 is 5.11 Å². The molecule has 0 amide bonds. The molecule has 0 saturated carbocycles. The third-order valence-electron chi connectivity index (χ3n) is 4.47. The molecule has 4 rings (SSSR count). The smallest absolute Gasteiger partial charge is 0.175 e. The van der Waals surface area contributed by atoms with Gasteiger partial charge in [0.15, 0.2) is 5.11 Å². The number of rotatable bonds is 2. The summed E-state index contributed by atoms with van der Waals surface area (Å²) in [6.07, 6.45) is 0.986. The van der Waals surface area contributed by atoms with Crippen LogP contribution in [0.1, 0.15) is 17.5 Å². The van der Waals surface area contributed by atoms with Crippen LogP contribution < -0.4 is 5.32 Å². The number of thiocarbonyl (C=S) groups is 1. The van der Waals surface area contributed by atoms with E-state index in [9.17, 15) is 5.11 Å². The summed E-state index contributed by atoms with van der Waals surface area (Å²) in [7, 11) is 0. The van der Waals surface area contributed by atoms with Crippen molar-refractivity contribution >= 4 is 39.1 Å². The van der Waals surface area contributed by atoms with Crippen LogP contribution >= 0.6 is 28.1 Å². The van der Waals surface area contributed by atoms with Gasteiger partial charge in [0.05, 0.1) is 0 Å².